The van der Waals surface area contributed by atoms with Gasteiger partial charge < -0.3 is 0 Å². The summed E-state index contributed by atoms with van der Waals surface area (Å²) in [6.07, 6.45) is 1.54. The SMILES string of the molecule is CC(C)c1cccc(Cn2ncc3c([N+](=O)[O-])cccc32)n1. The molecule has 0 saturated carbocycles. The Labute approximate surface area is 127 Å². The van der Waals surface area contributed by atoms with Crippen LogP contribution in [0.15, 0.2) is 42.6 Å². The molecule has 3 aromatic rings. The van der Waals surface area contributed by atoms with Crippen molar-refractivity contribution in [3.05, 3.63) is 64.1 Å². The summed E-state index contributed by atoms with van der Waals surface area (Å²) in [5.74, 6) is 0.357. The van der Waals surface area contributed by atoms with Gasteiger partial charge in [-0.2, -0.15) is 5.10 Å². The molecule has 6 heteroatoms. The minimum absolute atomic E-state index is 0.0765. The lowest BCUT2D eigenvalue weighted by Gasteiger charge is -2.08. The summed E-state index contributed by atoms with van der Waals surface area (Å²) in [5, 5.41) is 15.9. The minimum Gasteiger partial charge on any atom is -0.259 e. The van der Waals surface area contributed by atoms with E-state index in [1.165, 1.54) is 6.07 Å². The van der Waals surface area contributed by atoms with Crippen LogP contribution in [0.4, 0.5) is 5.69 Å². The van der Waals surface area contributed by atoms with Crippen LogP contribution in [0.2, 0.25) is 0 Å². The lowest BCUT2D eigenvalue weighted by Crippen LogP contribution is -2.05. The van der Waals surface area contributed by atoms with Crippen LogP contribution in [0.3, 0.4) is 0 Å². The molecule has 0 N–H and O–H groups in total. The van der Waals surface area contributed by atoms with Crippen LogP contribution in [0.25, 0.3) is 10.9 Å². The molecule has 0 aliphatic heterocycles. The number of rotatable bonds is 4. The Morgan fingerprint density at radius 3 is 2.73 bits per heavy atom. The Balaban J connectivity index is 2.00. The van der Waals surface area contributed by atoms with E-state index in [-0.39, 0.29) is 10.6 Å². The van der Waals surface area contributed by atoms with Gasteiger partial charge in [-0.15, -0.1) is 0 Å². The first kappa shape index (κ1) is 14.2. The first-order chi connectivity index (χ1) is 10.6. The zero-order valence-electron chi connectivity index (χ0n) is 12.4. The number of aromatic nitrogens is 3. The molecule has 22 heavy (non-hydrogen) atoms. The number of nitrogens with zero attached hydrogens (tertiary/aromatic N) is 4. The van der Waals surface area contributed by atoms with E-state index in [4.69, 9.17) is 0 Å². The van der Waals surface area contributed by atoms with Gasteiger partial charge in [-0.25, -0.2) is 0 Å². The summed E-state index contributed by atoms with van der Waals surface area (Å²) in [6, 6.07) is 10.9. The molecule has 0 aliphatic carbocycles. The zero-order chi connectivity index (χ0) is 15.7. The number of pyridine rings is 1. The molecule has 3 rings (SSSR count). The second-order valence-electron chi connectivity index (χ2n) is 5.48. The first-order valence-corrected chi connectivity index (χ1v) is 7.11. The number of hydrogen-bond acceptors (Lipinski definition) is 4. The van der Waals surface area contributed by atoms with Gasteiger partial charge in [0.1, 0.15) is 0 Å². The number of benzene rings is 1. The normalized spacial score (nSPS) is 11.2. The molecule has 0 spiro atoms. The third kappa shape index (κ3) is 2.55. The van der Waals surface area contributed by atoms with Gasteiger partial charge in [0, 0.05) is 11.8 Å². The molecule has 0 bridgehead atoms. The Morgan fingerprint density at radius 1 is 1.23 bits per heavy atom. The summed E-state index contributed by atoms with van der Waals surface area (Å²) in [5.41, 5.74) is 2.74. The fourth-order valence-corrected chi connectivity index (χ4v) is 2.43. The van der Waals surface area contributed by atoms with Gasteiger partial charge in [0.15, 0.2) is 0 Å². The standard InChI is InChI=1S/C16H16N4O2/c1-11(2)14-6-3-5-12(18-14)10-19-15-7-4-8-16(20(21)22)13(15)9-17-19/h3-9,11H,10H2,1-2H3. The lowest BCUT2D eigenvalue weighted by atomic mass is 10.1. The van der Waals surface area contributed by atoms with Gasteiger partial charge in [0.25, 0.3) is 5.69 Å². The van der Waals surface area contributed by atoms with E-state index in [0.717, 1.165) is 16.9 Å². The number of hydrogen-bond donors (Lipinski definition) is 0. The predicted molar refractivity (Wildman–Crippen MR) is 83.8 cm³/mol. The summed E-state index contributed by atoms with van der Waals surface area (Å²) in [6.45, 7) is 4.68. The molecule has 0 amide bonds. The predicted octanol–water partition coefficient (Wildman–Crippen LogP) is 3.51. The van der Waals surface area contributed by atoms with Crippen molar-refractivity contribution in [3.8, 4) is 0 Å². The van der Waals surface area contributed by atoms with Crippen molar-refractivity contribution >= 4 is 16.6 Å². The second-order valence-corrected chi connectivity index (χ2v) is 5.48. The van der Waals surface area contributed by atoms with Crippen molar-refractivity contribution in [1.29, 1.82) is 0 Å². The molecular weight excluding hydrogens is 280 g/mol. The number of nitro benzene ring substituents is 1. The van der Waals surface area contributed by atoms with Crippen molar-refractivity contribution in [3.63, 3.8) is 0 Å². The van der Waals surface area contributed by atoms with Gasteiger partial charge in [-0.3, -0.25) is 19.8 Å². The smallest absolute Gasteiger partial charge is 0.259 e. The topological polar surface area (TPSA) is 73.8 Å². The monoisotopic (exact) mass is 296 g/mol. The summed E-state index contributed by atoms with van der Waals surface area (Å²) < 4.78 is 1.74. The molecule has 0 unspecified atom stereocenters. The maximum atomic E-state index is 11.1. The van der Waals surface area contributed by atoms with Gasteiger partial charge in [-0.05, 0) is 24.1 Å². The number of nitro groups is 1. The molecule has 0 atom stereocenters. The van der Waals surface area contributed by atoms with Crippen LogP contribution in [0.1, 0.15) is 31.2 Å². The van der Waals surface area contributed by atoms with E-state index in [1.807, 2.05) is 24.3 Å². The highest BCUT2D eigenvalue weighted by Crippen LogP contribution is 2.25. The van der Waals surface area contributed by atoms with E-state index >= 15 is 0 Å². The van der Waals surface area contributed by atoms with E-state index in [0.29, 0.717) is 17.8 Å². The van der Waals surface area contributed by atoms with Gasteiger partial charge in [0.05, 0.1) is 34.3 Å². The quantitative estimate of drug-likeness (QED) is 0.545. The fourth-order valence-electron chi connectivity index (χ4n) is 2.43. The molecule has 2 heterocycles. The van der Waals surface area contributed by atoms with E-state index < -0.39 is 0 Å². The molecule has 2 aromatic heterocycles. The molecule has 0 saturated heterocycles. The van der Waals surface area contributed by atoms with Crippen LogP contribution in [0.5, 0.6) is 0 Å². The molecular formula is C16H16N4O2. The third-order valence-corrected chi connectivity index (χ3v) is 3.59. The summed E-state index contributed by atoms with van der Waals surface area (Å²) in [7, 11) is 0. The van der Waals surface area contributed by atoms with Crippen LogP contribution in [-0.2, 0) is 6.54 Å². The molecule has 0 aliphatic rings. The van der Waals surface area contributed by atoms with Crippen molar-refractivity contribution in [2.45, 2.75) is 26.3 Å². The van der Waals surface area contributed by atoms with Crippen molar-refractivity contribution < 1.29 is 4.92 Å². The highest BCUT2D eigenvalue weighted by atomic mass is 16.6. The van der Waals surface area contributed by atoms with Crippen LogP contribution in [0, 0.1) is 10.1 Å². The van der Waals surface area contributed by atoms with Crippen LogP contribution < -0.4 is 0 Å². The Morgan fingerprint density at radius 2 is 2.00 bits per heavy atom. The van der Waals surface area contributed by atoms with Crippen LogP contribution >= 0.6 is 0 Å². The summed E-state index contributed by atoms with van der Waals surface area (Å²) >= 11 is 0. The zero-order valence-corrected chi connectivity index (χ0v) is 12.4. The lowest BCUT2D eigenvalue weighted by molar-refractivity contribution is -0.383. The third-order valence-electron chi connectivity index (χ3n) is 3.59. The van der Waals surface area contributed by atoms with E-state index in [1.54, 1.807) is 16.9 Å². The van der Waals surface area contributed by atoms with Crippen molar-refractivity contribution in [1.82, 2.24) is 14.8 Å². The Bertz CT molecular complexity index is 839. The van der Waals surface area contributed by atoms with Crippen molar-refractivity contribution in [2.75, 3.05) is 0 Å². The highest BCUT2D eigenvalue weighted by molar-refractivity contribution is 5.87. The molecule has 1 aromatic carbocycles. The maximum absolute atomic E-state index is 11.1. The average Bonchev–Trinajstić information content (AvgIpc) is 2.90. The fraction of sp³-hybridized carbons (Fsp3) is 0.250. The summed E-state index contributed by atoms with van der Waals surface area (Å²) in [4.78, 5) is 15.3. The minimum atomic E-state index is -0.383. The molecule has 0 radical (unpaired) electrons. The number of fused-ring (bicyclic) bond motifs is 1. The molecule has 0 fully saturated rings. The molecule has 112 valence electrons. The van der Waals surface area contributed by atoms with Crippen LogP contribution in [-0.4, -0.2) is 19.7 Å². The maximum Gasteiger partial charge on any atom is 0.280 e. The molecule has 6 nitrogen and oxygen atoms in total. The Hall–Kier alpha value is -2.76. The highest BCUT2D eigenvalue weighted by Gasteiger charge is 2.15. The number of non-ortho nitro benzene ring substituents is 1. The van der Waals surface area contributed by atoms with E-state index in [2.05, 4.69) is 23.9 Å². The average molecular weight is 296 g/mol. The van der Waals surface area contributed by atoms with E-state index in [9.17, 15) is 10.1 Å². The second kappa shape index (κ2) is 5.55. The first-order valence-electron chi connectivity index (χ1n) is 7.11. The van der Waals surface area contributed by atoms with Crippen molar-refractivity contribution in [2.24, 2.45) is 0 Å². The van der Waals surface area contributed by atoms with Gasteiger partial charge in [0.2, 0.25) is 0 Å². The largest absolute Gasteiger partial charge is 0.280 e. The van der Waals surface area contributed by atoms with Gasteiger partial charge in [-0.1, -0.05) is 26.0 Å². The van der Waals surface area contributed by atoms with Gasteiger partial charge >= 0.3 is 0 Å². The Kier molecular flexibility index (Phi) is 3.58.